The Labute approximate surface area is 137 Å². The van der Waals surface area contributed by atoms with E-state index in [-0.39, 0.29) is 10.6 Å². The van der Waals surface area contributed by atoms with Crippen molar-refractivity contribution in [1.82, 2.24) is 0 Å². The van der Waals surface area contributed by atoms with Gasteiger partial charge in [0.05, 0.1) is 21.8 Å². The lowest BCUT2D eigenvalue weighted by molar-refractivity contribution is -0.387. The van der Waals surface area contributed by atoms with Crippen LogP contribution in [-0.4, -0.2) is 4.92 Å². The lowest BCUT2D eigenvalue weighted by Gasteiger charge is -2.02. The Hall–Kier alpha value is -1.75. The maximum Gasteiger partial charge on any atom is 0.283 e. The Balaban J connectivity index is 0.000000789. The van der Waals surface area contributed by atoms with Crippen molar-refractivity contribution in [3.05, 3.63) is 58.0 Å². The van der Waals surface area contributed by atoms with Crippen molar-refractivity contribution in [2.45, 2.75) is 51.7 Å². The van der Waals surface area contributed by atoms with Crippen LogP contribution in [0, 0.1) is 17.0 Å². The summed E-state index contributed by atoms with van der Waals surface area (Å²) in [6.45, 7) is 10.1. The van der Waals surface area contributed by atoms with Crippen LogP contribution in [-0.2, 0) is 5.75 Å². The minimum Gasteiger partial charge on any atom is -0.468 e. The van der Waals surface area contributed by atoms with Crippen LogP contribution in [0.15, 0.2) is 45.9 Å². The molecule has 2 aromatic rings. The van der Waals surface area contributed by atoms with Gasteiger partial charge in [0, 0.05) is 6.07 Å². The summed E-state index contributed by atoms with van der Waals surface area (Å²) in [5.41, 5.74) is 1.04. The van der Waals surface area contributed by atoms with Gasteiger partial charge < -0.3 is 4.42 Å². The van der Waals surface area contributed by atoms with Gasteiger partial charge >= 0.3 is 0 Å². The predicted molar refractivity (Wildman–Crippen MR) is 93.4 cm³/mol. The zero-order chi connectivity index (χ0) is 17.0. The fourth-order valence-electron chi connectivity index (χ4n) is 1.44. The van der Waals surface area contributed by atoms with Crippen molar-refractivity contribution in [2.24, 2.45) is 0 Å². The van der Waals surface area contributed by atoms with Crippen molar-refractivity contribution in [3.63, 3.8) is 0 Å². The van der Waals surface area contributed by atoms with Gasteiger partial charge in [-0.25, -0.2) is 0 Å². The molecule has 0 bridgehead atoms. The SMILES string of the molecule is CC.CCC.Cc1ccc(SCc2ccco2)c([N+](=O)[O-])c1. The Bertz CT molecular complexity index is 539. The first-order valence-corrected chi connectivity index (χ1v) is 8.47. The lowest BCUT2D eigenvalue weighted by atomic mass is 10.2. The van der Waals surface area contributed by atoms with Gasteiger partial charge in [0.25, 0.3) is 5.69 Å². The van der Waals surface area contributed by atoms with Crippen LogP contribution in [0.4, 0.5) is 5.69 Å². The molecule has 0 aliphatic heterocycles. The Morgan fingerprint density at radius 2 is 1.86 bits per heavy atom. The monoisotopic (exact) mass is 323 g/mol. The number of hydrogen-bond acceptors (Lipinski definition) is 4. The first kappa shape index (κ1) is 20.2. The largest absolute Gasteiger partial charge is 0.468 e. The maximum atomic E-state index is 10.9. The summed E-state index contributed by atoms with van der Waals surface area (Å²) in [6, 6.07) is 8.90. The van der Waals surface area contributed by atoms with E-state index in [9.17, 15) is 10.1 Å². The van der Waals surface area contributed by atoms with E-state index in [1.165, 1.54) is 18.2 Å². The summed E-state index contributed by atoms with van der Waals surface area (Å²) < 4.78 is 5.19. The highest BCUT2D eigenvalue weighted by Crippen LogP contribution is 2.32. The fourth-order valence-corrected chi connectivity index (χ4v) is 2.34. The maximum absolute atomic E-state index is 10.9. The van der Waals surface area contributed by atoms with Crippen LogP contribution in [0.2, 0.25) is 0 Å². The summed E-state index contributed by atoms with van der Waals surface area (Å²) in [6.07, 6.45) is 2.85. The first-order valence-electron chi connectivity index (χ1n) is 7.48. The average molecular weight is 323 g/mol. The van der Waals surface area contributed by atoms with E-state index >= 15 is 0 Å². The van der Waals surface area contributed by atoms with Gasteiger partial charge in [0.1, 0.15) is 5.76 Å². The van der Waals surface area contributed by atoms with Crippen LogP contribution >= 0.6 is 11.8 Å². The summed E-state index contributed by atoms with van der Waals surface area (Å²) in [5, 5.41) is 10.9. The van der Waals surface area contributed by atoms with Crippen molar-refractivity contribution < 1.29 is 9.34 Å². The molecule has 0 spiro atoms. The predicted octanol–water partition coefficient (Wildman–Crippen LogP) is 6.23. The van der Waals surface area contributed by atoms with E-state index in [0.29, 0.717) is 10.6 Å². The number of nitrogens with zero attached hydrogens (tertiary/aromatic N) is 1. The Morgan fingerprint density at radius 3 is 2.36 bits per heavy atom. The summed E-state index contributed by atoms with van der Waals surface area (Å²) in [7, 11) is 0. The number of thioether (sulfide) groups is 1. The molecule has 0 fully saturated rings. The fraction of sp³-hybridized carbons (Fsp3) is 0.412. The van der Waals surface area contributed by atoms with Crippen LogP contribution in [0.25, 0.3) is 0 Å². The zero-order valence-electron chi connectivity index (χ0n) is 14.0. The molecule has 5 heteroatoms. The summed E-state index contributed by atoms with van der Waals surface area (Å²) in [4.78, 5) is 11.2. The van der Waals surface area contributed by atoms with Crippen molar-refractivity contribution in [2.75, 3.05) is 0 Å². The molecule has 2 rings (SSSR count). The Kier molecular flexibility index (Phi) is 10.9. The number of aryl methyl sites for hydroxylation is 1. The molecule has 0 aliphatic carbocycles. The molecule has 0 saturated heterocycles. The molecule has 4 nitrogen and oxygen atoms in total. The highest BCUT2D eigenvalue weighted by Gasteiger charge is 2.14. The lowest BCUT2D eigenvalue weighted by Crippen LogP contribution is -1.91. The number of nitro groups is 1. The van der Waals surface area contributed by atoms with E-state index in [4.69, 9.17) is 4.42 Å². The van der Waals surface area contributed by atoms with E-state index in [2.05, 4.69) is 13.8 Å². The van der Waals surface area contributed by atoms with Gasteiger partial charge in [-0.05, 0) is 30.7 Å². The third-order valence-electron chi connectivity index (χ3n) is 2.26. The molecule has 0 saturated carbocycles. The molecule has 0 amide bonds. The minimum absolute atomic E-state index is 0.154. The van der Waals surface area contributed by atoms with E-state index in [0.717, 1.165) is 11.3 Å². The van der Waals surface area contributed by atoms with E-state index < -0.39 is 0 Å². The minimum atomic E-state index is -0.350. The smallest absolute Gasteiger partial charge is 0.283 e. The van der Waals surface area contributed by atoms with Crippen molar-refractivity contribution >= 4 is 17.4 Å². The van der Waals surface area contributed by atoms with Gasteiger partial charge in [-0.2, -0.15) is 0 Å². The number of rotatable bonds is 4. The van der Waals surface area contributed by atoms with Crippen LogP contribution in [0.3, 0.4) is 0 Å². The first-order chi connectivity index (χ1) is 10.6. The highest BCUT2D eigenvalue weighted by atomic mass is 32.2. The summed E-state index contributed by atoms with van der Waals surface area (Å²) in [5.74, 6) is 1.40. The van der Waals surface area contributed by atoms with Gasteiger partial charge in [0.2, 0.25) is 0 Å². The molecule has 0 aliphatic rings. The third kappa shape index (κ3) is 7.31. The number of benzene rings is 1. The quantitative estimate of drug-likeness (QED) is 0.380. The Morgan fingerprint density at radius 1 is 1.23 bits per heavy atom. The molecule has 1 heterocycles. The van der Waals surface area contributed by atoms with Crippen molar-refractivity contribution in [1.29, 1.82) is 0 Å². The van der Waals surface area contributed by atoms with Crippen LogP contribution < -0.4 is 0 Å². The third-order valence-corrected chi connectivity index (χ3v) is 3.35. The molecular weight excluding hydrogens is 298 g/mol. The molecule has 22 heavy (non-hydrogen) atoms. The molecule has 0 atom stereocenters. The van der Waals surface area contributed by atoms with Crippen LogP contribution in [0.1, 0.15) is 45.4 Å². The van der Waals surface area contributed by atoms with Gasteiger partial charge in [-0.15, -0.1) is 11.8 Å². The van der Waals surface area contributed by atoms with E-state index in [1.54, 1.807) is 24.5 Å². The summed E-state index contributed by atoms with van der Waals surface area (Å²) >= 11 is 1.41. The molecule has 1 aromatic heterocycles. The molecule has 0 N–H and O–H groups in total. The number of hydrogen-bond donors (Lipinski definition) is 0. The molecule has 0 unspecified atom stereocenters. The normalized spacial score (nSPS) is 9.14. The second-order valence-electron chi connectivity index (χ2n) is 4.30. The highest BCUT2D eigenvalue weighted by molar-refractivity contribution is 7.98. The average Bonchev–Trinajstić information content (AvgIpc) is 3.02. The van der Waals surface area contributed by atoms with Gasteiger partial charge in [0.15, 0.2) is 0 Å². The van der Waals surface area contributed by atoms with Crippen molar-refractivity contribution in [3.8, 4) is 0 Å². The standard InChI is InChI=1S/C12H11NO3S.C3H8.C2H6/c1-9-4-5-12(11(7-9)13(14)15)17-8-10-3-2-6-16-10;1-3-2;1-2/h2-7H,8H2,1H3;3H2,1-2H3;1-2H3. The van der Waals surface area contributed by atoms with Gasteiger partial charge in [-0.3, -0.25) is 10.1 Å². The zero-order valence-corrected chi connectivity index (χ0v) is 14.8. The van der Waals surface area contributed by atoms with Gasteiger partial charge in [-0.1, -0.05) is 40.2 Å². The number of furan rings is 1. The molecule has 122 valence electrons. The topological polar surface area (TPSA) is 56.3 Å². The number of nitro benzene ring substituents is 1. The molecule has 0 radical (unpaired) electrons. The molecule has 1 aromatic carbocycles. The second kappa shape index (κ2) is 11.9. The molecular formula is C17H25NO3S. The van der Waals surface area contributed by atoms with E-state index in [1.807, 2.05) is 32.9 Å². The second-order valence-corrected chi connectivity index (χ2v) is 5.32. The van der Waals surface area contributed by atoms with Crippen LogP contribution in [0.5, 0.6) is 0 Å².